The number of halogens is 1. The first-order chi connectivity index (χ1) is 13.4. The van der Waals surface area contributed by atoms with E-state index in [0.717, 1.165) is 16.7 Å². The van der Waals surface area contributed by atoms with E-state index in [0.29, 0.717) is 28.4 Å². The van der Waals surface area contributed by atoms with Gasteiger partial charge in [0.1, 0.15) is 5.82 Å². The smallest absolute Gasteiger partial charge is 0.255 e. The van der Waals surface area contributed by atoms with Crippen molar-refractivity contribution in [3.05, 3.63) is 71.7 Å². The summed E-state index contributed by atoms with van der Waals surface area (Å²) in [6.07, 6.45) is 2.38. The Hall–Kier alpha value is -2.93. The minimum atomic E-state index is -0.741. The number of aromatic nitrogens is 1. The van der Waals surface area contributed by atoms with Crippen LogP contribution in [0.5, 0.6) is 0 Å². The second kappa shape index (κ2) is 7.24. The number of nitrogens with zero attached hydrogens (tertiary/aromatic N) is 2. The van der Waals surface area contributed by atoms with Crippen LogP contribution in [-0.2, 0) is 5.54 Å². The molecule has 0 saturated carbocycles. The van der Waals surface area contributed by atoms with Crippen LogP contribution in [0.1, 0.15) is 29.3 Å². The zero-order valence-corrected chi connectivity index (χ0v) is 16.1. The number of carbonyl (C=O) groups is 1. The summed E-state index contributed by atoms with van der Waals surface area (Å²) >= 11 is 1.46. The summed E-state index contributed by atoms with van der Waals surface area (Å²) in [5.41, 5.74) is 7.38. The van der Waals surface area contributed by atoms with Crippen molar-refractivity contribution in [2.24, 2.45) is 10.7 Å². The molecule has 2 heterocycles. The third-order valence-electron chi connectivity index (χ3n) is 4.87. The van der Waals surface area contributed by atoms with E-state index in [2.05, 4.69) is 15.3 Å². The maximum atomic E-state index is 14.5. The predicted octanol–water partition coefficient (Wildman–Crippen LogP) is 4.29. The molecule has 5 nitrogen and oxygen atoms in total. The van der Waals surface area contributed by atoms with Crippen LogP contribution in [0.25, 0.3) is 10.9 Å². The van der Waals surface area contributed by atoms with E-state index in [1.807, 2.05) is 19.1 Å². The summed E-state index contributed by atoms with van der Waals surface area (Å²) in [6.45, 7) is 1.86. The van der Waals surface area contributed by atoms with Crippen LogP contribution in [0.4, 0.5) is 10.1 Å². The molecule has 28 heavy (non-hydrogen) atoms. The molecule has 1 atom stereocenters. The molecular formula is C21H19FN4OS. The van der Waals surface area contributed by atoms with Crippen LogP contribution in [0.2, 0.25) is 0 Å². The van der Waals surface area contributed by atoms with E-state index in [4.69, 9.17) is 5.73 Å². The van der Waals surface area contributed by atoms with Crippen LogP contribution in [0, 0.1) is 5.82 Å². The fraction of sp³-hybridized carbons (Fsp3) is 0.190. The number of nitrogens with two attached hydrogens (primary N) is 1. The number of anilines is 1. The molecule has 142 valence electrons. The molecule has 0 saturated heterocycles. The standard InChI is InChI=1S/C21H19FN4OS/c1-21(8-10-28-20(23)26-21)16-12-15(5-6-17(16)22)25-19(27)14-4-7-18-13(11-14)3-2-9-24-18/h2-7,9,11-12H,8,10H2,1H3,(H2,23,26)(H,25,27). The zero-order chi connectivity index (χ0) is 19.7. The van der Waals surface area contributed by atoms with E-state index in [9.17, 15) is 9.18 Å². The Morgan fingerprint density at radius 2 is 2.11 bits per heavy atom. The van der Waals surface area contributed by atoms with Crippen LogP contribution in [-0.4, -0.2) is 21.8 Å². The Balaban J connectivity index is 1.63. The normalized spacial score (nSPS) is 19.3. The van der Waals surface area contributed by atoms with Crippen LogP contribution in [0.3, 0.4) is 0 Å². The maximum Gasteiger partial charge on any atom is 0.255 e. The van der Waals surface area contributed by atoms with Crippen molar-refractivity contribution in [2.75, 3.05) is 11.1 Å². The molecule has 1 aliphatic rings. The molecular weight excluding hydrogens is 375 g/mol. The summed E-state index contributed by atoms with van der Waals surface area (Å²) in [7, 11) is 0. The van der Waals surface area contributed by atoms with Gasteiger partial charge in [0.25, 0.3) is 5.91 Å². The van der Waals surface area contributed by atoms with Gasteiger partial charge in [0.15, 0.2) is 5.17 Å². The average molecular weight is 394 g/mol. The number of fused-ring (bicyclic) bond motifs is 1. The van der Waals surface area contributed by atoms with Crippen molar-refractivity contribution in [1.82, 2.24) is 4.98 Å². The topological polar surface area (TPSA) is 80.4 Å². The summed E-state index contributed by atoms with van der Waals surface area (Å²) in [6, 6.07) is 13.6. The van der Waals surface area contributed by atoms with Gasteiger partial charge in [-0.1, -0.05) is 17.8 Å². The van der Waals surface area contributed by atoms with Gasteiger partial charge in [-0.25, -0.2) is 4.39 Å². The van der Waals surface area contributed by atoms with Crippen molar-refractivity contribution >= 4 is 39.4 Å². The number of benzene rings is 2. The number of hydrogen-bond donors (Lipinski definition) is 2. The van der Waals surface area contributed by atoms with E-state index in [-0.39, 0.29) is 11.7 Å². The second-order valence-corrected chi connectivity index (χ2v) is 8.00. The molecule has 0 spiro atoms. The first-order valence-corrected chi connectivity index (χ1v) is 9.87. The lowest BCUT2D eigenvalue weighted by molar-refractivity contribution is 0.102. The Morgan fingerprint density at radius 3 is 2.93 bits per heavy atom. The first kappa shape index (κ1) is 18.4. The van der Waals surface area contributed by atoms with Gasteiger partial charge in [-0.2, -0.15) is 0 Å². The van der Waals surface area contributed by atoms with Crippen LogP contribution < -0.4 is 11.1 Å². The second-order valence-electron chi connectivity index (χ2n) is 6.88. The number of amidine groups is 1. The largest absolute Gasteiger partial charge is 0.379 e. The molecule has 1 amide bonds. The quantitative estimate of drug-likeness (QED) is 0.694. The van der Waals surface area contributed by atoms with Gasteiger partial charge in [-0.15, -0.1) is 0 Å². The number of carbonyl (C=O) groups excluding carboxylic acids is 1. The van der Waals surface area contributed by atoms with E-state index in [1.165, 1.54) is 17.8 Å². The Bertz CT molecular complexity index is 1100. The lowest BCUT2D eigenvalue weighted by atomic mass is 9.89. The molecule has 1 aromatic heterocycles. The highest BCUT2D eigenvalue weighted by atomic mass is 32.2. The third-order valence-corrected chi connectivity index (χ3v) is 5.66. The highest BCUT2D eigenvalue weighted by Gasteiger charge is 2.32. The van der Waals surface area contributed by atoms with Gasteiger partial charge < -0.3 is 11.1 Å². The molecule has 0 bridgehead atoms. The molecule has 0 aliphatic carbocycles. The predicted molar refractivity (Wildman–Crippen MR) is 112 cm³/mol. The van der Waals surface area contributed by atoms with Gasteiger partial charge in [0.05, 0.1) is 11.1 Å². The minimum Gasteiger partial charge on any atom is -0.379 e. The van der Waals surface area contributed by atoms with Gasteiger partial charge in [0.2, 0.25) is 0 Å². The number of hydrogen-bond acceptors (Lipinski definition) is 5. The zero-order valence-electron chi connectivity index (χ0n) is 15.3. The van der Waals surface area contributed by atoms with Gasteiger partial charge in [0, 0.05) is 34.2 Å². The summed E-state index contributed by atoms with van der Waals surface area (Å²) < 4.78 is 14.5. The lowest BCUT2D eigenvalue weighted by Gasteiger charge is -2.30. The molecule has 7 heteroatoms. The van der Waals surface area contributed by atoms with E-state index < -0.39 is 5.54 Å². The number of aliphatic imine (C=N–C) groups is 1. The number of amides is 1. The number of thioether (sulfide) groups is 1. The SMILES string of the molecule is CC1(c2cc(NC(=O)c3ccc4ncccc4c3)ccc2F)CCSC(N)=N1. The molecule has 2 aromatic carbocycles. The first-order valence-electron chi connectivity index (χ1n) is 8.89. The number of pyridine rings is 1. The van der Waals surface area contributed by atoms with Gasteiger partial charge in [-0.05, 0) is 55.8 Å². The fourth-order valence-corrected chi connectivity index (χ4v) is 4.29. The highest BCUT2D eigenvalue weighted by Crippen LogP contribution is 2.37. The van der Waals surface area contributed by atoms with Crippen molar-refractivity contribution in [1.29, 1.82) is 0 Å². The molecule has 3 aromatic rings. The van der Waals surface area contributed by atoms with Crippen molar-refractivity contribution in [3.63, 3.8) is 0 Å². The van der Waals surface area contributed by atoms with Crippen LogP contribution in [0.15, 0.2) is 59.7 Å². The monoisotopic (exact) mass is 394 g/mol. The van der Waals surface area contributed by atoms with Crippen molar-refractivity contribution < 1.29 is 9.18 Å². The number of nitrogens with one attached hydrogen (secondary N) is 1. The molecule has 4 rings (SSSR count). The van der Waals surface area contributed by atoms with Crippen LogP contribution >= 0.6 is 11.8 Å². The molecule has 1 unspecified atom stereocenters. The van der Waals surface area contributed by atoms with E-state index >= 15 is 0 Å². The Morgan fingerprint density at radius 1 is 1.25 bits per heavy atom. The highest BCUT2D eigenvalue weighted by molar-refractivity contribution is 8.13. The minimum absolute atomic E-state index is 0.268. The molecule has 0 fully saturated rings. The fourth-order valence-electron chi connectivity index (χ4n) is 3.32. The summed E-state index contributed by atoms with van der Waals surface area (Å²) in [5, 5.41) is 4.18. The summed E-state index contributed by atoms with van der Waals surface area (Å²) in [5.74, 6) is 0.142. The number of rotatable bonds is 3. The lowest BCUT2D eigenvalue weighted by Crippen LogP contribution is -2.29. The van der Waals surface area contributed by atoms with Gasteiger partial charge >= 0.3 is 0 Å². The molecule has 3 N–H and O–H groups in total. The van der Waals surface area contributed by atoms with Crippen molar-refractivity contribution in [2.45, 2.75) is 18.9 Å². The van der Waals surface area contributed by atoms with Gasteiger partial charge in [-0.3, -0.25) is 14.8 Å². The molecule has 1 aliphatic heterocycles. The molecule has 0 radical (unpaired) electrons. The Labute approximate surface area is 166 Å². The Kier molecular flexibility index (Phi) is 4.77. The van der Waals surface area contributed by atoms with E-state index in [1.54, 1.807) is 36.5 Å². The maximum absolute atomic E-state index is 14.5. The average Bonchev–Trinajstić information content (AvgIpc) is 2.68. The summed E-state index contributed by atoms with van der Waals surface area (Å²) in [4.78, 5) is 21.4. The van der Waals surface area contributed by atoms with Crippen molar-refractivity contribution in [3.8, 4) is 0 Å². The third kappa shape index (κ3) is 3.57.